The first-order valence-corrected chi connectivity index (χ1v) is 12.9. The van der Waals surface area contributed by atoms with Crippen LogP contribution >= 0.6 is 22.7 Å². The van der Waals surface area contributed by atoms with Crippen LogP contribution in [0.2, 0.25) is 0 Å². The molecule has 0 bridgehead atoms. The van der Waals surface area contributed by atoms with Gasteiger partial charge < -0.3 is 5.32 Å². The van der Waals surface area contributed by atoms with Gasteiger partial charge in [-0.25, -0.2) is 9.97 Å². The number of hydrogen-bond acceptors (Lipinski definition) is 5. The van der Waals surface area contributed by atoms with Crippen molar-refractivity contribution >= 4 is 38.8 Å². The molecule has 1 atom stereocenters. The molecule has 1 N–H and O–H groups in total. The molecule has 5 rings (SSSR count). The van der Waals surface area contributed by atoms with Crippen LogP contribution in [-0.4, -0.2) is 22.4 Å². The van der Waals surface area contributed by atoms with Crippen molar-refractivity contribution < 1.29 is 4.79 Å². The van der Waals surface area contributed by atoms with Gasteiger partial charge in [-0.3, -0.25) is 4.79 Å². The highest BCUT2D eigenvalue weighted by molar-refractivity contribution is 7.18. The van der Waals surface area contributed by atoms with Crippen LogP contribution in [0.1, 0.15) is 45.9 Å². The van der Waals surface area contributed by atoms with Gasteiger partial charge in [-0.1, -0.05) is 42.5 Å². The molecule has 1 aliphatic rings. The second-order valence-corrected chi connectivity index (χ2v) is 10.9. The van der Waals surface area contributed by atoms with Gasteiger partial charge in [0.05, 0.1) is 31.3 Å². The zero-order valence-electron chi connectivity index (χ0n) is 18.3. The highest BCUT2D eigenvalue weighted by atomic mass is 32.1. The Morgan fingerprint density at radius 2 is 1.75 bits per heavy atom. The predicted molar refractivity (Wildman–Crippen MR) is 133 cm³/mol. The average Bonchev–Trinajstić information content (AvgIpc) is 3.42. The highest BCUT2D eigenvalue weighted by Gasteiger charge is 2.36. The molecule has 1 aliphatic carbocycles. The number of para-hydroxylation sites is 1. The molecule has 1 unspecified atom stereocenters. The molecule has 2 aromatic carbocycles. The van der Waals surface area contributed by atoms with Crippen molar-refractivity contribution in [2.75, 3.05) is 6.54 Å². The first-order valence-electron chi connectivity index (χ1n) is 11.3. The third-order valence-electron chi connectivity index (χ3n) is 6.27. The molecule has 32 heavy (non-hydrogen) atoms. The summed E-state index contributed by atoms with van der Waals surface area (Å²) in [4.78, 5) is 24.6. The largest absolute Gasteiger partial charge is 0.355 e. The van der Waals surface area contributed by atoms with Crippen molar-refractivity contribution in [2.24, 2.45) is 0 Å². The van der Waals surface area contributed by atoms with Crippen molar-refractivity contribution in [1.82, 2.24) is 15.3 Å². The van der Waals surface area contributed by atoms with E-state index in [-0.39, 0.29) is 5.91 Å². The molecule has 0 spiro atoms. The fourth-order valence-corrected chi connectivity index (χ4v) is 6.69. The molecule has 6 heteroatoms. The minimum atomic E-state index is -0.683. The van der Waals surface area contributed by atoms with E-state index in [0.29, 0.717) is 13.0 Å². The maximum absolute atomic E-state index is 13.5. The number of aromatic nitrogens is 2. The molecule has 1 amide bonds. The standard InChI is InChI=1S/C26H27N3OS2/c1-26(18-9-3-2-4-10-18,17-24-29-20-12-6-8-14-22(20)32-24)25(30)27-16-15-23-28-19-11-5-7-13-21(19)31-23/h2-4,6,8-10,12,14H,5,7,11,13,15-17H2,1H3,(H,27,30). The van der Waals surface area contributed by atoms with E-state index >= 15 is 0 Å². The monoisotopic (exact) mass is 461 g/mol. The summed E-state index contributed by atoms with van der Waals surface area (Å²) >= 11 is 3.50. The quantitative estimate of drug-likeness (QED) is 0.396. The number of thiazole rings is 2. The Morgan fingerprint density at radius 1 is 0.969 bits per heavy atom. The molecular formula is C26H27N3OS2. The molecule has 4 aromatic rings. The van der Waals surface area contributed by atoms with Crippen LogP contribution in [0.4, 0.5) is 0 Å². The number of aryl methyl sites for hydroxylation is 2. The molecule has 0 aliphatic heterocycles. The Kier molecular flexibility index (Phi) is 6.07. The summed E-state index contributed by atoms with van der Waals surface area (Å²) in [6.45, 7) is 2.64. The fraction of sp³-hybridized carbons (Fsp3) is 0.346. The van der Waals surface area contributed by atoms with E-state index in [1.54, 1.807) is 11.3 Å². The summed E-state index contributed by atoms with van der Waals surface area (Å²) in [5.41, 5.74) is 2.61. The van der Waals surface area contributed by atoms with Crippen molar-refractivity contribution in [1.29, 1.82) is 0 Å². The van der Waals surface area contributed by atoms with Gasteiger partial charge in [0.15, 0.2) is 0 Å². The molecule has 0 saturated heterocycles. The van der Waals surface area contributed by atoms with Crippen LogP contribution in [0.25, 0.3) is 10.2 Å². The van der Waals surface area contributed by atoms with E-state index in [1.807, 2.05) is 66.8 Å². The maximum atomic E-state index is 13.5. The third kappa shape index (κ3) is 4.34. The molecule has 0 saturated carbocycles. The van der Waals surface area contributed by atoms with Gasteiger partial charge in [0.25, 0.3) is 0 Å². The van der Waals surface area contributed by atoms with Crippen molar-refractivity contribution in [3.8, 4) is 0 Å². The average molecular weight is 462 g/mol. The first kappa shape index (κ1) is 21.3. The summed E-state index contributed by atoms with van der Waals surface area (Å²) in [6.07, 6.45) is 6.14. The number of benzene rings is 2. The van der Waals surface area contributed by atoms with E-state index in [0.717, 1.165) is 45.1 Å². The fourth-order valence-electron chi connectivity index (χ4n) is 4.41. The van der Waals surface area contributed by atoms with E-state index in [1.165, 1.54) is 23.4 Å². The normalized spacial score (nSPS) is 15.3. The Hall–Kier alpha value is -2.57. The third-order valence-corrected chi connectivity index (χ3v) is 8.52. The summed E-state index contributed by atoms with van der Waals surface area (Å²) in [6, 6.07) is 18.2. The van der Waals surface area contributed by atoms with Crippen LogP contribution < -0.4 is 5.32 Å². The summed E-state index contributed by atoms with van der Waals surface area (Å²) < 4.78 is 1.16. The minimum absolute atomic E-state index is 0.0456. The number of hydrogen-bond donors (Lipinski definition) is 1. The number of amides is 1. The lowest BCUT2D eigenvalue weighted by molar-refractivity contribution is -0.126. The van der Waals surface area contributed by atoms with Gasteiger partial charge in [-0.05, 0) is 50.3 Å². The zero-order valence-corrected chi connectivity index (χ0v) is 19.9. The smallest absolute Gasteiger partial charge is 0.230 e. The van der Waals surface area contributed by atoms with Crippen molar-refractivity contribution in [2.45, 2.75) is 50.9 Å². The highest BCUT2D eigenvalue weighted by Crippen LogP contribution is 2.32. The topological polar surface area (TPSA) is 54.9 Å². The predicted octanol–water partition coefficient (Wildman–Crippen LogP) is 5.49. The van der Waals surface area contributed by atoms with E-state index < -0.39 is 5.41 Å². The maximum Gasteiger partial charge on any atom is 0.230 e. The number of carbonyl (C=O) groups excluding carboxylic acids is 1. The number of fused-ring (bicyclic) bond motifs is 2. The molecule has 2 aromatic heterocycles. The molecule has 0 fully saturated rings. The Morgan fingerprint density at radius 3 is 2.56 bits per heavy atom. The summed E-state index contributed by atoms with van der Waals surface area (Å²) in [7, 11) is 0. The Labute approximate surface area is 196 Å². The van der Waals surface area contributed by atoms with Gasteiger partial charge in [0.2, 0.25) is 5.91 Å². The van der Waals surface area contributed by atoms with E-state index in [2.05, 4.69) is 11.4 Å². The van der Waals surface area contributed by atoms with E-state index in [9.17, 15) is 4.79 Å². The zero-order chi connectivity index (χ0) is 22.0. The SMILES string of the molecule is CC(Cc1nc2ccccc2s1)(C(=O)NCCc1nc2c(s1)CCCC2)c1ccccc1. The van der Waals surface area contributed by atoms with Gasteiger partial charge in [-0.2, -0.15) is 0 Å². The second-order valence-electron chi connectivity index (χ2n) is 8.64. The first-order chi connectivity index (χ1) is 15.6. The van der Waals surface area contributed by atoms with E-state index in [4.69, 9.17) is 9.97 Å². The summed E-state index contributed by atoms with van der Waals surface area (Å²) in [5, 5.41) is 5.34. The number of carbonyl (C=O) groups is 1. The Balaban J connectivity index is 1.33. The summed E-state index contributed by atoms with van der Waals surface area (Å²) in [5.74, 6) is 0.0456. The van der Waals surface area contributed by atoms with Gasteiger partial charge in [0, 0.05) is 24.3 Å². The number of nitrogens with zero attached hydrogens (tertiary/aromatic N) is 2. The lowest BCUT2D eigenvalue weighted by Crippen LogP contribution is -2.44. The molecular weight excluding hydrogens is 434 g/mol. The van der Waals surface area contributed by atoms with Crippen molar-refractivity contribution in [3.05, 3.63) is 80.7 Å². The number of nitrogens with one attached hydrogen (secondary N) is 1. The second kappa shape index (κ2) is 9.12. The Bertz CT molecular complexity index is 1170. The van der Waals surface area contributed by atoms with Crippen LogP contribution in [0.15, 0.2) is 54.6 Å². The minimum Gasteiger partial charge on any atom is -0.355 e. The van der Waals surface area contributed by atoms with Gasteiger partial charge >= 0.3 is 0 Å². The van der Waals surface area contributed by atoms with Gasteiger partial charge in [0.1, 0.15) is 0 Å². The van der Waals surface area contributed by atoms with Crippen LogP contribution in [0, 0.1) is 0 Å². The number of rotatable bonds is 7. The molecule has 2 heterocycles. The van der Waals surface area contributed by atoms with Crippen LogP contribution in [0.3, 0.4) is 0 Å². The molecule has 0 radical (unpaired) electrons. The molecule has 4 nitrogen and oxygen atoms in total. The lowest BCUT2D eigenvalue weighted by atomic mass is 9.78. The van der Waals surface area contributed by atoms with Gasteiger partial charge in [-0.15, -0.1) is 22.7 Å². The lowest BCUT2D eigenvalue weighted by Gasteiger charge is -2.28. The molecule has 164 valence electrons. The van der Waals surface area contributed by atoms with Crippen molar-refractivity contribution in [3.63, 3.8) is 0 Å². The van der Waals surface area contributed by atoms with Crippen LogP contribution in [0.5, 0.6) is 0 Å². The van der Waals surface area contributed by atoms with Crippen LogP contribution in [-0.2, 0) is 35.9 Å².